The average Bonchev–Trinajstić information content (AvgIpc) is 2.73. The highest BCUT2D eigenvalue weighted by atomic mass is 19.1. The molecule has 4 atom stereocenters. The molecule has 3 heterocycles. The van der Waals surface area contributed by atoms with Crippen LogP contribution in [0.5, 0.6) is 0 Å². The van der Waals surface area contributed by atoms with Crippen LogP contribution in [-0.4, -0.2) is 63.0 Å². The Balaban J connectivity index is 1.67. The Labute approximate surface area is 131 Å². The number of fused-ring (bicyclic) bond motifs is 2. The van der Waals surface area contributed by atoms with Gasteiger partial charge in [0.25, 0.3) is 11.8 Å². The quantitative estimate of drug-likeness (QED) is 0.599. The molecule has 1 aromatic carbocycles. The maximum Gasteiger partial charge on any atom is 0.262 e. The first-order valence-corrected chi connectivity index (χ1v) is 7.46. The maximum atomic E-state index is 14.1. The van der Waals surface area contributed by atoms with Crippen LogP contribution in [-0.2, 0) is 4.79 Å². The third kappa shape index (κ3) is 1.80. The molecule has 1 aromatic rings. The number of imide groups is 1. The lowest BCUT2D eigenvalue weighted by Crippen LogP contribution is -2.78. The summed E-state index contributed by atoms with van der Waals surface area (Å²) in [6.07, 6.45) is -1.23. The molecule has 3 amide bonds. The zero-order valence-corrected chi connectivity index (χ0v) is 12.4. The minimum Gasteiger partial charge on any atom is -0.391 e. The molecular formula is C16H15FN2O4. The standard InChI is InChI=1S/C16H15FN2O4/c1-16(17)6-10(20)11-12(15(23)18(11)7-16)19-13(21)8-4-2-3-5-9(8)14(19)22/h2-5,10-12,20H,6-7H2,1H3/t10-,11-,12+,16+/m0/s1. The largest absolute Gasteiger partial charge is 0.391 e. The number of rotatable bonds is 1. The number of carbonyl (C=O) groups excluding carboxylic acids is 3. The van der Waals surface area contributed by atoms with Crippen LogP contribution in [0.3, 0.4) is 0 Å². The fourth-order valence-corrected chi connectivity index (χ4v) is 3.85. The molecule has 23 heavy (non-hydrogen) atoms. The van der Waals surface area contributed by atoms with Crippen molar-refractivity contribution in [2.24, 2.45) is 0 Å². The van der Waals surface area contributed by atoms with E-state index >= 15 is 0 Å². The van der Waals surface area contributed by atoms with Crippen LogP contribution in [0.4, 0.5) is 4.39 Å². The van der Waals surface area contributed by atoms with E-state index in [1.807, 2.05) is 0 Å². The van der Waals surface area contributed by atoms with Crippen LogP contribution in [0.25, 0.3) is 0 Å². The van der Waals surface area contributed by atoms with E-state index in [-0.39, 0.29) is 24.1 Å². The highest BCUT2D eigenvalue weighted by molar-refractivity contribution is 6.23. The molecule has 7 heteroatoms. The van der Waals surface area contributed by atoms with E-state index in [1.54, 1.807) is 12.1 Å². The fourth-order valence-electron chi connectivity index (χ4n) is 3.85. The van der Waals surface area contributed by atoms with Gasteiger partial charge in [-0.15, -0.1) is 0 Å². The second-order valence-corrected chi connectivity index (χ2v) is 6.61. The van der Waals surface area contributed by atoms with Crippen LogP contribution >= 0.6 is 0 Å². The summed E-state index contributed by atoms with van der Waals surface area (Å²) in [5.41, 5.74) is -1.16. The summed E-state index contributed by atoms with van der Waals surface area (Å²) in [5, 5.41) is 10.2. The molecule has 120 valence electrons. The number of β-lactam (4-membered cyclic amide) rings is 1. The Bertz CT molecular complexity index is 712. The monoisotopic (exact) mass is 318 g/mol. The summed E-state index contributed by atoms with van der Waals surface area (Å²) in [6.45, 7) is 1.20. The molecule has 0 bridgehead atoms. The van der Waals surface area contributed by atoms with Gasteiger partial charge in [-0.3, -0.25) is 19.3 Å². The number of hydrogen-bond donors (Lipinski definition) is 1. The molecule has 6 nitrogen and oxygen atoms in total. The Morgan fingerprint density at radius 2 is 1.74 bits per heavy atom. The van der Waals surface area contributed by atoms with Gasteiger partial charge in [0.05, 0.1) is 29.8 Å². The van der Waals surface area contributed by atoms with Gasteiger partial charge in [-0.25, -0.2) is 4.39 Å². The average molecular weight is 318 g/mol. The van der Waals surface area contributed by atoms with E-state index in [9.17, 15) is 23.9 Å². The van der Waals surface area contributed by atoms with Gasteiger partial charge in [0.15, 0.2) is 0 Å². The van der Waals surface area contributed by atoms with E-state index in [0.717, 1.165) is 4.90 Å². The summed E-state index contributed by atoms with van der Waals surface area (Å²) in [4.78, 5) is 39.4. The molecule has 4 rings (SSSR count). The highest BCUT2D eigenvalue weighted by Crippen LogP contribution is 2.40. The minimum absolute atomic E-state index is 0.124. The van der Waals surface area contributed by atoms with Gasteiger partial charge in [-0.05, 0) is 19.1 Å². The van der Waals surface area contributed by atoms with Crippen molar-refractivity contribution in [3.05, 3.63) is 35.4 Å². The lowest BCUT2D eigenvalue weighted by molar-refractivity contribution is -0.180. The molecule has 2 saturated heterocycles. The highest BCUT2D eigenvalue weighted by Gasteiger charge is 2.62. The maximum absolute atomic E-state index is 14.1. The van der Waals surface area contributed by atoms with Crippen molar-refractivity contribution in [2.75, 3.05) is 6.54 Å². The third-order valence-corrected chi connectivity index (χ3v) is 4.85. The van der Waals surface area contributed by atoms with Crippen LogP contribution in [0.2, 0.25) is 0 Å². The van der Waals surface area contributed by atoms with Crippen molar-refractivity contribution in [2.45, 2.75) is 37.2 Å². The van der Waals surface area contributed by atoms with Crippen molar-refractivity contribution in [1.82, 2.24) is 9.80 Å². The number of hydrogen-bond acceptors (Lipinski definition) is 4. The number of carbonyl (C=O) groups is 3. The molecule has 0 unspecified atom stereocenters. The van der Waals surface area contributed by atoms with E-state index < -0.39 is 41.6 Å². The molecule has 0 spiro atoms. The van der Waals surface area contributed by atoms with Gasteiger partial charge >= 0.3 is 0 Å². The van der Waals surface area contributed by atoms with Gasteiger partial charge in [0.1, 0.15) is 11.7 Å². The van der Waals surface area contributed by atoms with Gasteiger partial charge in [0.2, 0.25) is 5.91 Å². The van der Waals surface area contributed by atoms with Gasteiger partial charge in [0, 0.05) is 6.42 Å². The van der Waals surface area contributed by atoms with Crippen LogP contribution < -0.4 is 0 Å². The molecule has 3 aliphatic rings. The van der Waals surface area contributed by atoms with E-state index in [2.05, 4.69) is 0 Å². The molecule has 0 aliphatic carbocycles. The normalized spacial score (nSPS) is 36.0. The van der Waals surface area contributed by atoms with Crippen molar-refractivity contribution in [3.8, 4) is 0 Å². The van der Waals surface area contributed by atoms with Gasteiger partial charge in [-0.1, -0.05) is 12.1 Å². The smallest absolute Gasteiger partial charge is 0.262 e. The SMILES string of the molecule is C[C@@]1(F)C[C@H](O)[C@H]2[C@@H](N3C(=O)c4ccccc4C3=O)C(=O)N2C1. The summed E-state index contributed by atoms with van der Waals surface area (Å²) >= 11 is 0. The van der Waals surface area contributed by atoms with E-state index in [4.69, 9.17) is 0 Å². The predicted octanol–water partition coefficient (Wildman–Crippen LogP) is 0.355. The molecule has 2 fully saturated rings. The van der Waals surface area contributed by atoms with Crippen molar-refractivity contribution >= 4 is 17.7 Å². The first-order chi connectivity index (χ1) is 10.8. The number of aliphatic hydroxyl groups excluding tert-OH is 1. The Morgan fingerprint density at radius 3 is 2.30 bits per heavy atom. The fraction of sp³-hybridized carbons (Fsp3) is 0.438. The molecule has 3 aliphatic heterocycles. The summed E-state index contributed by atoms with van der Waals surface area (Å²) in [6, 6.07) is 4.58. The first kappa shape index (κ1) is 14.3. The predicted molar refractivity (Wildman–Crippen MR) is 76.4 cm³/mol. The number of amides is 3. The van der Waals surface area contributed by atoms with Crippen molar-refractivity contribution < 1.29 is 23.9 Å². The Kier molecular flexibility index (Phi) is 2.73. The van der Waals surface area contributed by atoms with Crippen molar-refractivity contribution in [1.29, 1.82) is 0 Å². The summed E-state index contributed by atoms with van der Waals surface area (Å²) in [7, 11) is 0. The minimum atomic E-state index is -1.67. The number of halogens is 1. The second-order valence-electron chi connectivity index (χ2n) is 6.61. The summed E-state index contributed by atoms with van der Waals surface area (Å²) in [5.74, 6) is -1.57. The number of nitrogens with zero attached hydrogens (tertiary/aromatic N) is 2. The molecule has 1 N–H and O–H groups in total. The third-order valence-electron chi connectivity index (χ3n) is 4.85. The van der Waals surface area contributed by atoms with Crippen LogP contribution in [0.1, 0.15) is 34.1 Å². The van der Waals surface area contributed by atoms with Gasteiger partial charge in [-0.2, -0.15) is 0 Å². The van der Waals surface area contributed by atoms with E-state index in [0.29, 0.717) is 0 Å². The Hall–Kier alpha value is -2.28. The first-order valence-electron chi connectivity index (χ1n) is 7.46. The second kappa shape index (κ2) is 4.38. The zero-order chi connectivity index (χ0) is 16.5. The number of aliphatic hydroxyl groups is 1. The number of alkyl halides is 1. The van der Waals surface area contributed by atoms with E-state index in [1.165, 1.54) is 24.0 Å². The van der Waals surface area contributed by atoms with Crippen LogP contribution in [0.15, 0.2) is 24.3 Å². The molecular weight excluding hydrogens is 303 g/mol. The zero-order valence-electron chi connectivity index (χ0n) is 12.4. The molecule has 0 saturated carbocycles. The molecule has 0 aromatic heterocycles. The van der Waals surface area contributed by atoms with Gasteiger partial charge < -0.3 is 10.0 Å². The topological polar surface area (TPSA) is 77.9 Å². The van der Waals surface area contributed by atoms with Crippen LogP contribution in [0, 0.1) is 0 Å². The Morgan fingerprint density at radius 1 is 1.17 bits per heavy atom. The summed E-state index contributed by atoms with van der Waals surface area (Å²) < 4.78 is 14.1. The number of benzene rings is 1. The lowest BCUT2D eigenvalue weighted by atomic mass is 9.78. The molecule has 0 radical (unpaired) electrons. The number of piperidine rings is 1. The lowest BCUT2D eigenvalue weighted by Gasteiger charge is -2.56. The van der Waals surface area contributed by atoms with Crippen molar-refractivity contribution in [3.63, 3.8) is 0 Å².